The molecule has 0 spiro atoms. The van der Waals surface area contributed by atoms with Crippen LogP contribution in [0.25, 0.3) is 5.69 Å². The Morgan fingerprint density at radius 1 is 1.08 bits per heavy atom. The molecule has 1 aromatic carbocycles. The Hall–Kier alpha value is -2.41. The van der Waals surface area contributed by atoms with Crippen LogP contribution in [-0.4, -0.2) is 63.9 Å². The summed E-state index contributed by atoms with van der Waals surface area (Å²) in [5.41, 5.74) is 0.988. The second-order valence-electron chi connectivity index (χ2n) is 6.22. The van der Waals surface area contributed by atoms with Gasteiger partial charge in [-0.2, -0.15) is 4.68 Å². The Morgan fingerprint density at radius 2 is 1.92 bits per heavy atom. The van der Waals surface area contributed by atoms with Crippen molar-refractivity contribution >= 4 is 5.95 Å². The quantitative estimate of drug-likeness (QED) is 0.848. The third-order valence-electron chi connectivity index (χ3n) is 4.59. The van der Waals surface area contributed by atoms with E-state index in [1.807, 2.05) is 41.3 Å². The topological polar surface area (TPSA) is 59.3 Å². The number of allylic oxidation sites excluding steroid dienone is 1. The fraction of sp³-hybridized carbons (Fsp3) is 0.471. The number of hydrogen-bond acceptors (Lipinski definition) is 6. The normalized spacial score (nSPS) is 21.7. The van der Waals surface area contributed by atoms with Crippen molar-refractivity contribution in [2.45, 2.75) is 18.9 Å². The SMILES string of the molecule is C1=COC(CN2CCN(c3nnnn3-c3ccccc3)CC2)CC1. The highest BCUT2D eigenvalue weighted by Crippen LogP contribution is 2.18. The largest absolute Gasteiger partial charge is 0.497 e. The standard InChI is InChI=1S/C17H22N6O/c1-2-6-15(7-3-1)23-17(18-19-20-23)22-11-9-21(10-12-22)14-16-8-4-5-13-24-16/h1-3,5-7,13,16H,4,8-12,14H2. The van der Waals surface area contributed by atoms with E-state index < -0.39 is 0 Å². The van der Waals surface area contributed by atoms with Crippen molar-refractivity contribution in [3.05, 3.63) is 42.7 Å². The number of anilines is 1. The Balaban J connectivity index is 1.38. The van der Waals surface area contributed by atoms with Crippen LogP contribution in [0.4, 0.5) is 5.95 Å². The van der Waals surface area contributed by atoms with Gasteiger partial charge in [0.25, 0.3) is 0 Å². The van der Waals surface area contributed by atoms with Gasteiger partial charge in [-0.25, -0.2) is 0 Å². The summed E-state index contributed by atoms with van der Waals surface area (Å²) >= 11 is 0. The molecule has 0 aliphatic carbocycles. The number of para-hydroxylation sites is 1. The van der Waals surface area contributed by atoms with E-state index in [1.54, 1.807) is 0 Å². The van der Waals surface area contributed by atoms with Gasteiger partial charge in [0, 0.05) is 32.7 Å². The molecule has 1 atom stereocenters. The predicted octanol–water partition coefficient (Wildman–Crippen LogP) is 1.48. The molecular weight excluding hydrogens is 304 g/mol. The Kier molecular flexibility index (Phi) is 4.42. The molecule has 0 radical (unpaired) electrons. The van der Waals surface area contributed by atoms with Gasteiger partial charge in [0.2, 0.25) is 5.95 Å². The van der Waals surface area contributed by atoms with Crippen LogP contribution in [0, 0.1) is 0 Å². The first-order valence-electron chi connectivity index (χ1n) is 8.52. The highest BCUT2D eigenvalue weighted by molar-refractivity contribution is 5.40. The first kappa shape index (κ1) is 15.1. The molecule has 126 valence electrons. The summed E-state index contributed by atoms with van der Waals surface area (Å²) in [6, 6.07) is 10.0. The third-order valence-corrected chi connectivity index (χ3v) is 4.59. The van der Waals surface area contributed by atoms with Crippen LogP contribution in [0.5, 0.6) is 0 Å². The number of benzene rings is 1. The number of aromatic nitrogens is 4. The van der Waals surface area contributed by atoms with E-state index in [0.717, 1.165) is 57.2 Å². The van der Waals surface area contributed by atoms with Gasteiger partial charge in [-0.05, 0) is 41.5 Å². The number of rotatable bonds is 4. The zero-order valence-electron chi connectivity index (χ0n) is 13.7. The van der Waals surface area contributed by atoms with Crippen LogP contribution >= 0.6 is 0 Å². The molecule has 1 saturated heterocycles. The Bertz CT molecular complexity index is 677. The lowest BCUT2D eigenvalue weighted by Gasteiger charge is -2.36. The number of nitrogens with zero attached hydrogens (tertiary/aromatic N) is 6. The van der Waals surface area contributed by atoms with Crippen molar-refractivity contribution in [1.82, 2.24) is 25.1 Å². The van der Waals surface area contributed by atoms with Gasteiger partial charge in [0.15, 0.2) is 0 Å². The maximum absolute atomic E-state index is 5.68. The zero-order valence-corrected chi connectivity index (χ0v) is 13.7. The van der Waals surface area contributed by atoms with Gasteiger partial charge in [-0.15, -0.1) is 0 Å². The second-order valence-corrected chi connectivity index (χ2v) is 6.22. The molecule has 1 unspecified atom stereocenters. The van der Waals surface area contributed by atoms with Crippen molar-refractivity contribution < 1.29 is 4.74 Å². The summed E-state index contributed by atoms with van der Waals surface area (Å²) in [6.45, 7) is 4.86. The molecule has 0 bridgehead atoms. The van der Waals surface area contributed by atoms with E-state index in [1.165, 1.54) is 0 Å². The smallest absolute Gasteiger partial charge is 0.250 e. The lowest BCUT2D eigenvalue weighted by atomic mass is 10.1. The van der Waals surface area contributed by atoms with Crippen molar-refractivity contribution in [3.63, 3.8) is 0 Å². The molecule has 0 amide bonds. The molecule has 2 aromatic rings. The minimum Gasteiger partial charge on any atom is -0.497 e. The Labute approximate surface area is 141 Å². The summed E-state index contributed by atoms with van der Waals surface area (Å²) in [7, 11) is 0. The number of ether oxygens (including phenoxy) is 1. The third kappa shape index (κ3) is 3.26. The van der Waals surface area contributed by atoms with Gasteiger partial charge in [0.05, 0.1) is 11.9 Å². The van der Waals surface area contributed by atoms with Crippen molar-refractivity contribution in [3.8, 4) is 5.69 Å². The molecule has 7 heteroatoms. The van der Waals surface area contributed by atoms with Crippen LogP contribution in [0.1, 0.15) is 12.8 Å². The monoisotopic (exact) mass is 326 g/mol. The van der Waals surface area contributed by atoms with E-state index in [9.17, 15) is 0 Å². The molecule has 0 saturated carbocycles. The minimum absolute atomic E-state index is 0.330. The van der Waals surface area contributed by atoms with Crippen LogP contribution < -0.4 is 4.90 Å². The van der Waals surface area contributed by atoms with Gasteiger partial charge in [-0.3, -0.25) is 4.90 Å². The highest BCUT2D eigenvalue weighted by atomic mass is 16.5. The van der Waals surface area contributed by atoms with Crippen molar-refractivity contribution in [2.24, 2.45) is 0 Å². The van der Waals surface area contributed by atoms with Crippen molar-refractivity contribution in [2.75, 3.05) is 37.6 Å². The lowest BCUT2D eigenvalue weighted by Crippen LogP contribution is -2.49. The average molecular weight is 326 g/mol. The molecule has 1 aromatic heterocycles. The molecule has 0 N–H and O–H groups in total. The van der Waals surface area contributed by atoms with E-state index >= 15 is 0 Å². The number of hydrogen-bond donors (Lipinski definition) is 0. The van der Waals surface area contributed by atoms with Crippen LogP contribution in [0.2, 0.25) is 0 Å². The fourth-order valence-electron chi connectivity index (χ4n) is 3.25. The lowest BCUT2D eigenvalue weighted by molar-refractivity contribution is 0.0765. The minimum atomic E-state index is 0.330. The molecule has 3 heterocycles. The number of tetrazole rings is 1. The average Bonchev–Trinajstić information content (AvgIpc) is 3.14. The summed E-state index contributed by atoms with van der Waals surface area (Å²) in [4.78, 5) is 4.72. The first-order valence-corrected chi connectivity index (χ1v) is 8.52. The van der Waals surface area contributed by atoms with Gasteiger partial charge in [-0.1, -0.05) is 23.3 Å². The molecular formula is C17H22N6O. The maximum Gasteiger partial charge on any atom is 0.250 e. The predicted molar refractivity (Wildman–Crippen MR) is 91.1 cm³/mol. The zero-order chi connectivity index (χ0) is 16.2. The maximum atomic E-state index is 5.68. The van der Waals surface area contributed by atoms with Crippen LogP contribution in [0.3, 0.4) is 0 Å². The molecule has 24 heavy (non-hydrogen) atoms. The van der Waals surface area contributed by atoms with Crippen LogP contribution in [-0.2, 0) is 4.74 Å². The highest BCUT2D eigenvalue weighted by Gasteiger charge is 2.24. The number of piperazine rings is 1. The second kappa shape index (κ2) is 7.00. The molecule has 2 aliphatic heterocycles. The van der Waals surface area contributed by atoms with Crippen LogP contribution in [0.15, 0.2) is 42.7 Å². The van der Waals surface area contributed by atoms with Gasteiger partial charge >= 0.3 is 0 Å². The summed E-state index contributed by atoms with van der Waals surface area (Å²) in [6.07, 6.45) is 6.51. The summed E-state index contributed by atoms with van der Waals surface area (Å²) < 4.78 is 7.49. The van der Waals surface area contributed by atoms with E-state index in [2.05, 4.69) is 31.4 Å². The van der Waals surface area contributed by atoms with E-state index in [0.29, 0.717) is 6.10 Å². The Morgan fingerprint density at radius 3 is 2.67 bits per heavy atom. The van der Waals surface area contributed by atoms with Crippen molar-refractivity contribution in [1.29, 1.82) is 0 Å². The fourth-order valence-corrected chi connectivity index (χ4v) is 3.25. The molecule has 4 rings (SSSR count). The molecule has 1 fully saturated rings. The van der Waals surface area contributed by atoms with E-state index in [-0.39, 0.29) is 0 Å². The molecule has 7 nitrogen and oxygen atoms in total. The van der Waals surface area contributed by atoms with Gasteiger partial charge in [0.1, 0.15) is 6.10 Å². The molecule has 2 aliphatic rings. The summed E-state index contributed by atoms with van der Waals surface area (Å²) in [5, 5.41) is 12.2. The van der Waals surface area contributed by atoms with E-state index in [4.69, 9.17) is 4.74 Å². The van der Waals surface area contributed by atoms with Gasteiger partial charge < -0.3 is 9.64 Å². The summed E-state index contributed by atoms with van der Waals surface area (Å²) in [5.74, 6) is 0.817. The first-order chi connectivity index (χ1) is 11.9.